The van der Waals surface area contributed by atoms with E-state index in [1.807, 2.05) is 0 Å². The lowest BCUT2D eigenvalue weighted by atomic mass is 10.2. The number of furan rings is 1. The first-order chi connectivity index (χ1) is 7.63. The van der Waals surface area contributed by atoms with Crippen molar-refractivity contribution in [2.24, 2.45) is 0 Å². The molecule has 0 atom stereocenters. The van der Waals surface area contributed by atoms with E-state index in [0.717, 1.165) is 6.26 Å². The lowest BCUT2D eigenvalue weighted by Crippen LogP contribution is -2.43. The summed E-state index contributed by atoms with van der Waals surface area (Å²) >= 11 is 3.08. The quantitative estimate of drug-likeness (QED) is 0.913. The topological polar surface area (TPSA) is 76.4 Å². The molecule has 5 nitrogen and oxygen atoms in total. The van der Waals surface area contributed by atoms with Gasteiger partial charge in [-0.25, -0.2) is 8.42 Å². The molecule has 1 heterocycles. The van der Waals surface area contributed by atoms with Crippen LogP contribution in [-0.4, -0.2) is 31.9 Å². The molecule has 0 saturated carbocycles. The molecule has 1 amide bonds. The van der Waals surface area contributed by atoms with E-state index in [2.05, 4.69) is 21.2 Å². The predicted octanol–water partition coefficient (Wildman–Crippen LogP) is 1.60. The van der Waals surface area contributed by atoms with E-state index in [4.69, 9.17) is 4.42 Å². The van der Waals surface area contributed by atoms with Gasteiger partial charge < -0.3 is 9.73 Å². The molecule has 0 saturated heterocycles. The second kappa shape index (κ2) is 4.81. The minimum absolute atomic E-state index is 0.0307. The van der Waals surface area contributed by atoms with Gasteiger partial charge >= 0.3 is 0 Å². The van der Waals surface area contributed by atoms with E-state index in [9.17, 15) is 13.2 Å². The Hall–Kier alpha value is -0.820. The first-order valence-electron chi connectivity index (χ1n) is 4.86. The molecule has 7 heteroatoms. The summed E-state index contributed by atoms with van der Waals surface area (Å²) in [6.45, 7) is 3.14. The maximum atomic E-state index is 11.6. The maximum Gasteiger partial charge on any atom is 0.287 e. The van der Waals surface area contributed by atoms with Gasteiger partial charge in [0.1, 0.15) is 0 Å². The number of hydrogen-bond acceptors (Lipinski definition) is 4. The Morgan fingerprint density at radius 3 is 2.47 bits per heavy atom. The molecule has 1 N–H and O–H groups in total. The summed E-state index contributed by atoms with van der Waals surface area (Å²) in [5.74, 6) is -0.298. The minimum Gasteiger partial charge on any atom is -0.444 e. The van der Waals surface area contributed by atoms with Gasteiger partial charge in [-0.2, -0.15) is 0 Å². The average molecular weight is 324 g/mol. The molecule has 0 unspecified atom stereocenters. The standard InChI is InChI=1S/C10H14BrNO4S/c1-10(2,17(3,14)15)6-12-9(13)7-4-5-8(11)16-7/h4-5H,6H2,1-3H3,(H,12,13). The Bertz CT molecular complexity index is 518. The van der Waals surface area contributed by atoms with Gasteiger partial charge in [0, 0.05) is 12.8 Å². The third kappa shape index (κ3) is 3.57. The second-order valence-corrected chi connectivity index (χ2v) is 7.75. The van der Waals surface area contributed by atoms with Crippen LogP contribution in [0.15, 0.2) is 21.2 Å². The molecule has 0 aromatic carbocycles. The molecule has 96 valence electrons. The highest BCUT2D eigenvalue weighted by molar-refractivity contribution is 9.10. The van der Waals surface area contributed by atoms with Crippen molar-refractivity contribution in [3.63, 3.8) is 0 Å². The van der Waals surface area contributed by atoms with Crippen molar-refractivity contribution >= 4 is 31.7 Å². The molecule has 1 aromatic heterocycles. The fourth-order valence-electron chi connectivity index (χ4n) is 0.948. The average Bonchev–Trinajstić information content (AvgIpc) is 2.59. The molecule has 0 bridgehead atoms. The Labute approximate surface area is 109 Å². The Balaban J connectivity index is 2.67. The summed E-state index contributed by atoms with van der Waals surface area (Å²) in [5, 5.41) is 2.53. The Morgan fingerprint density at radius 1 is 1.47 bits per heavy atom. The van der Waals surface area contributed by atoms with E-state index in [1.165, 1.54) is 6.07 Å². The number of rotatable bonds is 4. The molecule has 0 aliphatic rings. The normalized spacial score (nSPS) is 12.5. The van der Waals surface area contributed by atoms with E-state index < -0.39 is 20.5 Å². The van der Waals surface area contributed by atoms with Gasteiger partial charge in [0.25, 0.3) is 5.91 Å². The van der Waals surface area contributed by atoms with Crippen LogP contribution in [0.2, 0.25) is 0 Å². The smallest absolute Gasteiger partial charge is 0.287 e. The monoisotopic (exact) mass is 323 g/mol. The first-order valence-corrected chi connectivity index (χ1v) is 7.55. The summed E-state index contributed by atoms with van der Waals surface area (Å²) in [6.07, 6.45) is 1.14. The lowest BCUT2D eigenvalue weighted by Gasteiger charge is -2.22. The zero-order valence-corrected chi connectivity index (χ0v) is 12.2. The van der Waals surface area contributed by atoms with Crippen LogP contribution in [0, 0.1) is 0 Å². The largest absolute Gasteiger partial charge is 0.444 e. The molecule has 0 radical (unpaired) electrons. The molecule has 1 aromatic rings. The number of hydrogen-bond donors (Lipinski definition) is 1. The SMILES string of the molecule is CC(C)(CNC(=O)c1ccc(Br)o1)S(C)(=O)=O. The minimum atomic E-state index is -3.23. The number of amides is 1. The number of carbonyl (C=O) groups is 1. The zero-order valence-electron chi connectivity index (χ0n) is 9.78. The van der Waals surface area contributed by atoms with Crippen LogP contribution < -0.4 is 5.32 Å². The van der Waals surface area contributed by atoms with E-state index in [1.54, 1.807) is 19.9 Å². The lowest BCUT2D eigenvalue weighted by molar-refractivity contribution is 0.0921. The van der Waals surface area contributed by atoms with Crippen molar-refractivity contribution in [1.82, 2.24) is 5.32 Å². The van der Waals surface area contributed by atoms with Crippen molar-refractivity contribution in [2.75, 3.05) is 12.8 Å². The van der Waals surface area contributed by atoms with Crippen LogP contribution in [0.1, 0.15) is 24.4 Å². The number of sulfone groups is 1. The molecule has 1 rings (SSSR count). The van der Waals surface area contributed by atoms with E-state index in [-0.39, 0.29) is 12.3 Å². The number of nitrogens with one attached hydrogen (secondary N) is 1. The summed E-state index contributed by atoms with van der Waals surface area (Å²) < 4.78 is 27.3. The third-order valence-electron chi connectivity index (χ3n) is 2.48. The number of halogens is 1. The Kier molecular flexibility index (Phi) is 4.03. The summed E-state index contributed by atoms with van der Waals surface area (Å²) in [4.78, 5) is 11.6. The van der Waals surface area contributed by atoms with Crippen LogP contribution in [0.5, 0.6) is 0 Å². The first kappa shape index (κ1) is 14.2. The fourth-order valence-corrected chi connectivity index (χ4v) is 1.59. The summed E-state index contributed by atoms with van der Waals surface area (Å²) in [6, 6.07) is 3.10. The van der Waals surface area contributed by atoms with Gasteiger partial charge in [-0.1, -0.05) is 0 Å². The van der Waals surface area contributed by atoms with Crippen LogP contribution in [0.4, 0.5) is 0 Å². The van der Waals surface area contributed by atoms with Gasteiger partial charge in [0.15, 0.2) is 20.3 Å². The third-order valence-corrected chi connectivity index (χ3v) is 5.05. The summed E-state index contributed by atoms with van der Waals surface area (Å²) in [7, 11) is -3.23. The van der Waals surface area contributed by atoms with E-state index >= 15 is 0 Å². The molecule has 0 aliphatic heterocycles. The van der Waals surface area contributed by atoms with Gasteiger partial charge in [-0.3, -0.25) is 4.79 Å². The van der Waals surface area contributed by atoms with Crippen LogP contribution >= 0.6 is 15.9 Å². The highest BCUT2D eigenvalue weighted by Gasteiger charge is 2.30. The predicted molar refractivity (Wildman–Crippen MR) is 67.7 cm³/mol. The summed E-state index contributed by atoms with van der Waals surface area (Å²) in [5.41, 5.74) is 0. The number of carbonyl (C=O) groups excluding carboxylic acids is 1. The van der Waals surface area contributed by atoms with Gasteiger partial charge in [-0.05, 0) is 41.9 Å². The highest BCUT2D eigenvalue weighted by atomic mass is 79.9. The van der Waals surface area contributed by atoms with Gasteiger partial charge in [-0.15, -0.1) is 0 Å². The maximum absolute atomic E-state index is 11.6. The molecule has 17 heavy (non-hydrogen) atoms. The molecule has 0 aliphatic carbocycles. The molecular formula is C10H14BrNO4S. The van der Waals surface area contributed by atoms with Crippen LogP contribution in [-0.2, 0) is 9.84 Å². The molecule has 0 spiro atoms. The fraction of sp³-hybridized carbons (Fsp3) is 0.500. The Morgan fingerprint density at radius 2 is 2.06 bits per heavy atom. The van der Waals surface area contributed by atoms with Crippen molar-refractivity contribution in [3.05, 3.63) is 22.6 Å². The van der Waals surface area contributed by atoms with Gasteiger partial charge in [0.2, 0.25) is 0 Å². The zero-order chi connectivity index (χ0) is 13.3. The van der Waals surface area contributed by atoms with Gasteiger partial charge in [0.05, 0.1) is 4.75 Å². The molecular weight excluding hydrogens is 310 g/mol. The second-order valence-electron chi connectivity index (χ2n) is 4.32. The van der Waals surface area contributed by atoms with E-state index in [0.29, 0.717) is 4.67 Å². The van der Waals surface area contributed by atoms with Crippen molar-refractivity contribution in [1.29, 1.82) is 0 Å². The van der Waals surface area contributed by atoms with Crippen molar-refractivity contribution in [2.45, 2.75) is 18.6 Å². The van der Waals surface area contributed by atoms with Crippen LogP contribution in [0.25, 0.3) is 0 Å². The molecule has 0 fully saturated rings. The van der Waals surface area contributed by atoms with Crippen LogP contribution in [0.3, 0.4) is 0 Å². The highest BCUT2D eigenvalue weighted by Crippen LogP contribution is 2.16. The van der Waals surface area contributed by atoms with Crippen molar-refractivity contribution in [3.8, 4) is 0 Å². The van der Waals surface area contributed by atoms with Crippen molar-refractivity contribution < 1.29 is 17.6 Å².